The molecule has 0 bridgehead atoms. The van der Waals surface area contributed by atoms with Gasteiger partial charge in [0.1, 0.15) is 12.1 Å². The van der Waals surface area contributed by atoms with Gasteiger partial charge in [0.05, 0.1) is 18.2 Å². The lowest BCUT2D eigenvalue weighted by molar-refractivity contribution is 0.275. The number of hydrogen-bond acceptors (Lipinski definition) is 4. The lowest BCUT2D eigenvalue weighted by atomic mass is 9.96. The zero-order chi connectivity index (χ0) is 15.1. The number of rotatable bonds is 5. The Morgan fingerprint density at radius 2 is 2.14 bits per heavy atom. The fourth-order valence-electron chi connectivity index (χ4n) is 1.91. The molecule has 0 aliphatic heterocycles. The Morgan fingerprint density at radius 1 is 1.33 bits per heavy atom. The second kappa shape index (κ2) is 7.36. The molecule has 1 atom stereocenters. The molecule has 1 unspecified atom stereocenters. The summed E-state index contributed by atoms with van der Waals surface area (Å²) in [7, 11) is 0. The van der Waals surface area contributed by atoms with Gasteiger partial charge < -0.3 is 9.84 Å². The standard InChI is InChI=1S/C16H15FN2O2/c1-2-3-8-21-16-9-15(18-11-19-16)13(10-20)12-6-4-5-7-14(12)17/h4-7,9,11,13,20H,8,10H2,1H3. The Labute approximate surface area is 122 Å². The molecule has 1 aromatic carbocycles. The van der Waals surface area contributed by atoms with Gasteiger partial charge in [0.2, 0.25) is 5.88 Å². The van der Waals surface area contributed by atoms with Gasteiger partial charge >= 0.3 is 0 Å². The molecule has 0 radical (unpaired) electrons. The van der Waals surface area contributed by atoms with E-state index in [1.807, 2.05) is 0 Å². The molecule has 0 spiro atoms. The van der Waals surface area contributed by atoms with Crippen LogP contribution in [-0.4, -0.2) is 28.3 Å². The van der Waals surface area contributed by atoms with Crippen LogP contribution in [0.25, 0.3) is 0 Å². The Morgan fingerprint density at radius 3 is 2.86 bits per heavy atom. The first kappa shape index (κ1) is 14.9. The molecular weight excluding hydrogens is 271 g/mol. The van der Waals surface area contributed by atoms with Crippen LogP contribution in [-0.2, 0) is 0 Å². The molecule has 4 nitrogen and oxygen atoms in total. The van der Waals surface area contributed by atoms with E-state index < -0.39 is 5.92 Å². The number of hydrogen-bond donors (Lipinski definition) is 1. The normalized spacial score (nSPS) is 11.4. The predicted molar refractivity (Wildman–Crippen MR) is 76.3 cm³/mol. The van der Waals surface area contributed by atoms with Gasteiger partial charge in [-0.05, 0) is 18.6 Å². The summed E-state index contributed by atoms with van der Waals surface area (Å²) in [6, 6.07) is 7.89. The Hall–Kier alpha value is -2.45. The largest absolute Gasteiger partial charge is 0.464 e. The summed E-state index contributed by atoms with van der Waals surface area (Å²) in [6.07, 6.45) is 1.33. The quantitative estimate of drug-likeness (QED) is 0.856. The highest BCUT2D eigenvalue weighted by Crippen LogP contribution is 2.26. The summed E-state index contributed by atoms with van der Waals surface area (Å²) in [5, 5.41) is 9.57. The van der Waals surface area contributed by atoms with E-state index >= 15 is 0 Å². The van der Waals surface area contributed by atoms with E-state index in [-0.39, 0.29) is 19.0 Å². The summed E-state index contributed by atoms with van der Waals surface area (Å²) in [5.74, 6) is 4.87. The summed E-state index contributed by atoms with van der Waals surface area (Å²) in [6.45, 7) is 1.68. The number of aromatic nitrogens is 2. The van der Waals surface area contributed by atoms with Gasteiger partial charge in [0.15, 0.2) is 6.61 Å². The minimum atomic E-state index is -0.561. The Bertz CT molecular complexity index is 665. The number of aliphatic hydroxyl groups excluding tert-OH is 1. The van der Waals surface area contributed by atoms with Crippen LogP contribution in [0.4, 0.5) is 4.39 Å². The molecule has 5 heteroatoms. The maximum absolute atomic E-state index is 13.9. The second-order valence-electron chi connectivity index (χ2n) is 4.25. The van der Waals surface area contributed by atoms with Crippen molar-refractivity contribution in [2.75, 3.05) is 13.2 Å². The molecule has 1 aromatic heterocycles. The molecule has 108 valence electrons. The third kappa shape index (κ3) is 3.77. The van der Waals surface area contributed by atoms with Crippen molar-refractivity contribution in [3.8, 4) is 17.7 Å². The SMILES string of the molecule is CC#CCOc1cc(C(CO)c2ccccc2F)ncn1. The Kier molecular flexibility index (Phi) is 5.24. The van der Waals surface area contributed by atoms with Crippen molar-refractivity contribution in [3.05, 3.63) is 53.7 Å². The average molecular weight is 286 g/mol. The van der Waals surface area contributed by atoms with Gasteiger partial charge in [-0.3, -0.25) is 0 Å². The minimum Gasteiger partial charge on any atom is -0.464 e. The molecule has 0 aliphatic rings. The monoisotopic (exact) mass is 286 g/mol. The fourth-order valence-corrected chi connectivity index (χ4v) is 1.91. The predicted octanol–water partition coefficient (Wildman–Crippen LogP) is 2.14. The molecule has 0 saturated carbocycles. The third-order valence-electron chi connectivity index (χ3n) is 2.95. The first-order chi connectivity index (χ1) is 10.3. The molecular formula is C16H15FN2O2. The number of nitrogens with zero attached hydrogens (tertiary/aromatic N) is 2. The molecule has 0 aliphatic carbocycles. The fraction of sp³-hybridized carbons (Fsp3) is 0.250. The summed E-state index contributed by atoms with van der Waals surface area (Å²) >= 11 is 0. The molecule has 0 saturated heterocycles. The van der Waals surface area contributed by atoms with Crippen LogP contribution < -0.4 is 4.74 Å². The highest BCUT2D eigenvalue weighted by molar-refractivity contribution is 5.31. The van der Waals surface area contributed by atoms with Crippen molar-refractivity contribution in [1.82, 2.24) is 9.97 Å². The van der Waals surface area contributed by atoms with Crippen LogP contribution in [0, 0.1) is 17.7 Å². The van der Waals surface area contributed by atoms with Crippen molar-refractivity contribution in [2.24, 2.45) is 0 Å². The van der Waals surface area contributed by atoms with E-state index in [1.165, 1.54) is 12.4 Å². The summed E-state index contributed by atoms with van der Waals surface area (Å²) in [5.41, 5.74) is 0.884. The van der Waals surface area contributed by atoms with Crippen molar-refractivity contribution in [1.29, 1.82) is 0 Å². The second-order valence-corrected chi connectivity index (χ2v) is 4.25. The topological polar surface area (TPSA) is 55.2 Å². The smallest absolute Gasteiger partial charge is 0.217 e. The maximum atomic E-state index is 13.9. The van der Waals surface area contributed by atoms with Crippen molar-refractivity contribution >= 4 is 0 Å². The summed E-state index contributed by atoms with van der Waals surface area (Å²) < 4.78 is 19.2. The maximum Gasteiger partial charge on any atom is 0.217 e. The van der Waals surface area contributed by atoms with Gasteiger partial charge in [-0.25, -0.2) is 14.4 Å². The van der Waals surface area contributed by atoms with Crippen molar-refractivity contribution in [2.45, 2.75) is 12.8 Å². The molecule has 21 heavy (non-hydrogen) atoms. The minimum absolute atomic E-state index is 0.219. The van der Waals surface area contributed by atoms with Crippen LogP contribution in [0.15, 0.2) is 36.7 Å². The first-order valence-corrected chi connectivity index (χ1v) is 6.46. The molecule has 2 aromatic rings. The van der Waals surface area contributed by atoms with Gasteiger partial charge in [0.25, 0.3) is 0 Å². The van der Waals surface area contributed by atoms with E-state index in [0.29, 0.717) is 17.1 Å². The van der Waals surface area contributed by atoms with E-state index in [9.17, 15) is 9.50 Å². The van der Waals surface area contributed by atoms with Crippen LogP contribution in [0.2, 0.25) is 0 Å². The van der Waals surface area contributed by atoms with E-state index in [0.717, 1.165) is 0 Å². The lowest BCUT2D eigenvalue weighted by Crippen LogP contribution is -2.11. The van der Waals surface area contributed by atoms with Crippen LogP contribution >= 0.6 is 0 Å². The van der Waals surface area contributed by atoms with Crippen molar-refractivity contribution in [3.63, 3.8) is 0 Å². The average Bonchev–Trinajstić information content (AvgIpc) is 2.51. The number of ether oxygens (including phenoxy) is 1. The number of aliphatic hydroxyl groups is 1. The van der Waals surface area contributed by atoms with Gasteiger partial charge in [0, 0.05) is 6.07 Å². The van der Waals surface area contributed by atoms with Crippen LogP contribution in [0.3, 0.4) is 0 Å². The molecule has 0 amide bonds. The third-order valence-corrected chi connectivity index (χ3v) is 2.95. The van der Waals surface area contributed by atoms with Gasteiger partial charge in [-0.1, -0.05) is 24.1 Å². The van der Waals surface area contributed by atoms with Crippen molar-refractivity contribution < 1.29 is 14.2 Å². The number of halogens is 1. The van der Waals surface area contributed by atoms with E-state index in [2.05, 4.69) is 21.8 Å². The molecule has 1 heterocycles. The Balaban J connectivity index is 2.28. The molecule has 2 rings (SSSR count). The molecule has 1 N–H and O–H groups in total. The van der Waals surface area contributed by atoms with Crippen LogP contribution in [0.5, 0.6) is 5.88 Å². The first-order valence-electron chi connectivity index (χ1n) is 6.46. The van der Waals surface area contributed by atoms with E-state index in [1.54, 1.807) is 31.2 Å². The van der Waals surface area contributed by atoms with Gasteiger partial charge in [-0.15, -0.1) is 5.92 Å². The zero-order valence-electron chi connectivity index (χ0n) is 11.6. The zero-order valence-corrected chi connectivity index (χ0v) is 11.6. The summed E-state index contributed by atoms with van der Waals surface area (Å²) in [4.78, 5) is 8.07. The molecule has 0 fully saturated rings. The van der Waals surface area contributed by atoms with Crippen LogP contribution in [0.1, 0.15) is 24.1 Å². The number of benzene rings is 1. The van der Waals surface area contributed by atoms with Gasteiger partial charge in [-0.2, -0.15) is 0 Å². The lowest BCUT2D eigenvalue weighted by Gasteiger charge is -2.15. The van der Waals surface area contributed by atoms with E-state index in [4.69, 9.17) is 4.74 Å². The highest BCUT2D eigenvalue weighted by Gasteiger charge is 2.19. The highest BCUT2D eigenvalue weighted by atomic mass is 19.1.